The summed E-state index contributed by atoms with van der Waals surface area (Å²) in [7, 11) is 0. The van der Waals surface area contributed by atoms with E-state index in [0.717, 1.165) is 17.6 Å². The summed E-state index contributed by atoms with van der Waals surface area (Å²) in [5.41, 5.74) is 2.61. The molecule has 1 aliphatic carbocycles. The maximum atomic E-state index is 6.21. The van der Waals surface area contributed by atoms with Gasteiger partial charge in [0.05, 0.1) is 6.10 Å². The maximum absolute atomic E-state index is 6.21. The number of ether oxygens (including phenoxy) is 1. The Balaban J connectivity index is 2.07. The normalized spacial score (nSPS) is 29.1. The summed E-state index contributed by atoms with van der Waals surface area (Å²) in [6, 6.07) is 6.34. The van der Waals surface area contributed by atoms with E-state index < -0.39 is 0 Å². The molecule has 0 radical (unpaired) electrons. The lowest BCUT2D eigenvalue weighted by Gasteiger charge is -2.32. The zero-order valence-corrected chi connectivity index (χ0v) is 11.5. The first-order valence-corrected chi connectivity index (χ1v) is 6.79. The molecule has 1 heteroatoms. The van der Waals surface area contributed by atoms with E-state index in [1.807, 2.05) is 0 Å². The molecule has 0 heterocycles. The Bertz CT molecular complexity index is 373. The lowest BCUT2D eigenvalue weighted by atomic mass is 9.82. The lowest BCUT2D eigenvalue weighted by Crippen LogP contribution is -2.28. The summed E-state index contributed by atoms with van der Waals surface area (Å²) in [5.74, 6) is 2.68. The molecule has 0 N–H and O–H groups in total. The van der Waals surface area contributed by atoms with Gasteiger partial charge in [0.15, 0.2) is 0 Å². The van der Waals surface area contributed by atoms with E-state index >= 15 is 0 Å². The van der Waals surface area contributed by atoms with Crippen LogP contribution in [0.5, 0.6) is 5.75 Å². The SMILES string of the molecule is Cc1cccc(OC2CC(C)CC(C)C2)c1C. The van der Waals surface area contributed by atoms with E-state index in [4.69, 9.17) is 4.74 Å². The molecule has 2 rings (SSSR count). The molecule has 0 aliphatic heterocycles. The van der Waals surface area contributed by atoms with Gasteiger partial charge in [-0.2, -0.15) is 0 Å². The molecule has 94 valence electrons. The van der Waals surface area contributed by atoms with Crippen LogP contribution in [-0.4, -0.2) is 6.10 Å². The van der Waals surface area contributed by atoms with Crippen molar-refractivity contribution in [3.05, 3.63) is 29.3 Å². The fourth-order valence-corrected chi connectivity index (χ4v) is 3.00. The first kappa shape index (κ1) is 12.5. The molecule has 0 spiro atoms. The largest absolute Gasteiger partial charge is 0.490 e. The third-order valence-corrected chi connectivity index (χ3v) is 3.98. The Morgan fingerprint density at radius 3 is 2.29 bits per heavy atom. The van der Waals surface area contributed by atoms with Crippen molar-refractivity contribution in [1.82, 2.24) is 0 Å². The smallest absolute Gasteiger partial charge is 0.122 e. The molecule has 0 saturated heterocycles. The molecule has 0 bridgehead atoms. The van der Waals surface area contributed by atoms with Gasteiger partial charge in [-0.1, -0.05) is 26.0 Å². The van der Waals surface area contributed by atoms with Gasteiger partial charge >= 0.3 is 0 Å². The van der Waals surface area contributed by atoms with Crippen LogP contribution in [0.3, 0.4) is 0 Å². The first-order chi connectivity index (χ1) is 8.06. The second kappa shape index (κ2) is 5.12. The molecule has 0 amide bonds. The van der Waals surface area contributed by atoms with E-state index in [1.54, 1.807) is 0 Å². The predicted octanol–water partition coefficient (Wildman–Crippen LogP) is 4.51. The third kappa shape index (κ3) is 3.02. The maximum Gasteiger partial charge on any atom is 0.122 e. The molecule has 1 aromatic rings. The molecule has 1 nitrogen and oxygen atoms in total. The van der Waals surface area contributed by atoms with Crippen LogP contribution in [0.4, 0.5) is 0 Å². The van der Waals surface area contributed by atoms with Gasteiger partial charge in [-0.05, 0) is 62.1 Å². The summed E-state index contributed by atoms with van der Waals surface area (Å²) < 4.78 is 6.21. The van der Waals surface area contributed by atoms with E-state index in [9.17, 15) is 0 Å². The van der Waals surface area contributed by atoms with Crippen LogP contribution in [0.15, 0.2) is 18.2 Å². The van der Waals surface area contributed by atoms with Gasteiger partial charge in [0.25, 0.3) is 0 Å². The summed E-state index contributed by atoms with van der Waals surface area (Å²) in [6.07, 6.45) is 4.18. The predicted molar refractivity (Wildman–Crippen MR) is 72.5 cm³/mol. The quantitative estimate of drug-likeness (QED) is 0.729. The first-order valence-electron chi connectivity index (χ1n) is 6.79. The number of hydrogen-bond acceptors (Lipinski definition) is 1. The minimum absolute atomic E-state index is 0.411. The summed E-state index contributed by atoms with van der Waals surface area (Å²) in [6.45, 7) is 8.99. The van der Waals surface area contributed by atoms with Gasteiger partial charge in [-0.25, -0.2) is 0 Å². The van der Waals surface area contributed by atoms with Crippen molar-refractivity contribution in [1.29, 1.82) is 0 Å². The zero-order chi connectivity index (χ0) is 12.4. The van der Waals surface area contributed by atoms with Crippen LogP contribution in [0.2, 0.25) is 0 Å². The Morgan fingerprint density at radius 2 is 1.65 bits per heavy atom. The Hall–Kier alpha value is -0.980. The highest BCUT2D eigenvalue weighted by atomic mass is 16.5. The third-order valence-electron chi connectivity index (χ3n) is 3.98. The highest BCUT2D eigenvalue weighted by molar-refractivity contribution is 5.38. The molecule has 2 unspecified atom stereocenters. The van der Waals surface area contributed by atoms with Crippen molar-refractivity contribution in [2.24, 2.45) is 11.8 Å². The molecule has 1 aliphatic rings. The average molecular weight is 232 g/mol. The topological polar surface area (TPSA) is 9.23 Å². The molecular weight excluding hydrogens is 208 g/mol. The van der Waals surface area contributed by atoms with Gasteiger partial charge in [0.1, 0.15) is 5.75 Å². The van der Waals surface area contributed by atoms with E-state index in [-0.39, 0.29) is 0 Å². The summed E-state index contributed by atoms with van der Waals surface area (Å²) in [5, 5.41) is 0. The summed E-state index contributed by atoms with van der Waals surface area (Å²) in [4.78, 5) is 0. The Morgan fingerprint density at radius 1 is 1.00 bits per heavy atom. The van der Waals surface area contributed by atoms with E-state index in [2.05, 4.69) is 45.9 Å². The molecule has 17 heavy (non-hydrogen) atoms. The number of aryl methyl sites for hydroxylation is 1. The van der Waals surface area contributed by atoms with Crippen molar-refractivity contribution < 1.29 is 4.74 Å². The van der Waals surface area contributed by atoms with Gasteiger partial charge < -0.3 is 4.74 Å². The van der Waals surface area contributed by atoms with E-state index in [0.29, 0.717) is 6.10 Å². The molecule has 1 saturated carbocycles. The Labute approximate surface area is 105 Å². The molecule has 2 atom stereocenters. The minimum atomic E-state index is 0.411. The number of benzene rings is 1. The average Bonchev–Trinajstić information content (AvgIpc) is 2.23. The van der Waals surface area contributed by atoms with Crippen LogP contribution in [0, 0.1) is 25.7 Å². The van der Waals surface area contributed by atoms with Crippen molar-refractivity contribution in [3.8, 4) is 5.75 Å². The van der Waals surface area contributed by atoms with Gasteiger partial charge in [-0.3, -0.25) is 0 Å². The monoisotopic (exact) mass is 232 g/mol. The van der Waals surface area contributed by atoms with E-state index in [1.165, 1.54) is 30.4 Å². The second-order valence-electron chi connectivity index (χ2n) is 5.86. The molecule has 1 aromatic carbocycles. The lowest BCUT2D eigenvalue weighted by molar-refractivity contribution is 0.100. The molecule has 1 fully saturated rings. The van der Waals surface area contributed by atoms with Crippen molar-refractivity contribution in [2.45, 2.75) is 53.1 Å². The summed E-state index contributed by atoms with van der Waals surface area (Å²) >= 11 is 0. The highest BCUT2D eigenvalue weighted by Gasteiger charge is 2.25. The van der Waals surface area contributed by atoms with Gasteiger partial charge in [0.2, 0.25) is 0 Å². The minimum Gasteiger partial charge on any atom is -0.490 e. The van der Waals surface area contributed by atoms with Crippen LogP contribution < -0.4 is 4.74 Å². The highest BCUT2D eigenvalue weighted by Crippen LogP contribution is 2.32. The van der Waals surface area contributed by atoms with Crippen molar-refractivity contribution >= 4 is 0 Å². The standard InChI is InChI=1S/C16H24O/c1-11-8-12(2)10-15(9-11)17-16-7-5-6-13(3)14(16)4/h5-7,11-12,15H,8-10H2,1-4H3. The van der Waals surface area contributed by atoms with Gasteiger partial charge in [-0.15, -0.1) is 0 Å². The fraction of sp³-hybridized carbons (Fsp3) is 0.625. The molecule has 0 aromatic heterocycles. The van der Waals surface area contributed by atoms with Crippen LogP contribution in [-0.2, 0) is 0 Å². The van der Waals surface area contributed by atoms with Crippen LogP contribution in [0.1, 0.15) is 44.2 Å². The zero-order valence-electron chi connectivity index (χ0n) is 11.5. The second-order valence-corrected chi connectivity index (χ2v) is 5.86. The van der Waals surface area contributed by atoms with Crippen LogP contribution in [0.25, 0.3) is 0 Å². The fourth-order valence-electron chi connectivity index (χ4n) is 3.00. The van der Waals surface area contributed by atoms with Crippen LogP contribution >= 0.6 is 0 Å². The van der Waals surface area contributed by atoms with Gasteiger partial charge in [0, 0.05) is 0 Å². The Kier molecular flexibility index (Phi) is 3.76. The number of hydrogen-bond donors (Lipinski definition) is 0. The van der Waals surface area contributed by atoms with Crippen molar-refractivity contribution in [3.63, 3.8) is 0 Å². The molecular formula is C16H24O. The van der Waals surface area contributed by atoms with Crippen molar-refractivity contribution in [2.75, 3.05) is 0 Å². The number of rotatable bonds is 2.